The van der Waals surface area contributed by atoms with Crippen LogP contribution in [0.5, 0.6) is 0 Å². The summed E-state index contributed by atoms with van der Waals surface area (Å²) >= 11 is 0. The van der Waals surface area contributed by atoms with Gasteiger partial charge in [-0.3, -0.25) is 0 Å². The molecule has 0 aromatic heterocycles. The Morgan fingerprint density at radius 1 is 0.688 bits per heavy atom. The molecule has 0 saturated heterocycles. The van der Waals surface area contributed by atoms with E-state index in [4.69, 9.17) is 0 Å². The van der Waals surface area contributed by atoms with Gasteiger partial charge in [0.05, 0.1) is 6.10 Å². The lowest BCUT2D eigenvalue weighted by Gasteiger charge is -2.21. The minimum atomic E-state index is 0.0613. The predicted octanol–water partition coefficient (Wildman–Crippen LogP) is 3.75. The monoisotopic (exact) mass is 222 g/mol. The van der Waals surface area contributed by atoms with E-state index in [9.17, 15) is 5.11 Å². The summed E-state index contributed by atoms with van der Waals surface area (Å²) in [4.78, 5) is 0. The van der Waals surface area contributed by atoms with Gasteiger partial charge < -0.3 is 5.11 Å². The van der Waals surface area contributed by atoms with Crippen LogP contribution in [0.25, 0.3) is 0 Å². The van der Waals surface area contributed by atoms with Crippen molar-refractivity contribution in [2.45, 2.75) is 70.3 Å². The van der Waals surface area contributed by atoms with Gasteiger partial charge in [-0.25, -0.2) is 0 Å². The van der Waals surface area contributed by atoms with Crippen molar-refractivity contribution in [3.05, 3.63) is 0 Å². The van der Waals surface area contributed by atoms with Gasteiger partial charge in [-0.05, 0) is 49.4 Å². The fraction of sp³-hybridized carbons (Fsp3) is 1.00. The fourth-order valence-electron chi connectivity index (χ4n) is 4.52. The molecular formula is C15H26O. The highest BCUT2D eigenvalue weighted by Crippen LogP contribution is 2.58. The normalized spacial score (nSPS) is 42.2. The van der Waals surface area contributed by atoms with Gasteiger partial charge in [0, 0.05) is 0 Å². The van der Waals surface area contributed by atoms with Crippen LogP contribution in [-0.2, 0) is 0 Å². The quantitative estimate of drug-likeness (QED) is 0.705. The SMILES string of the molecule is OC(C1CCCCCC1)C1C2CCCCC21. The predicted molar refractivity (Wildman–Crippen MR) is 66.1 cm³/mol. The van der Waals surface area contributed by atoms with Crippen LogP contribution in [0, 0.1) is 23.7 Å². The molecule has 0 amide bonds. The van der Waals surface area contributed by atoms with Crippen molar-refractivity contribution in [1.29, 1.82) is 0 Å². The molecule has 3 saturated carbocycles. The van der Waals surface area contributed by atoms with E-state index in [1.54, 1.807) is 0 Å². The number of aliphatic hydroxyl groups excluding tert-OH is 1. The van der Waals surface area contributed by atoms with E-state index >= 15 is 0 Å². The molecule has 0 spiro atoms. The molecule has 3 unspecified atom stereocenters. The van der Waals surface area contributed by atoms with Crippen LogP contribution >= 0.6 is 0 Å². The smallest absolute Gasteiger partial charge is 0.0602 e. The largest absolute Gasteiger partial charge is 0.393 e. The van der Waals surface area contributed by atoms with Gasteiger partial charge in [-0.1, -0.05) is 38.5 Å². The summed E-state index contributed by atoms with van der Waals surface area (Å²) in [6.07, 6.45) is 13.9. The van der Waals surface area contributed by atoms with E-state index in [-0.39, 0.29) is 6.10 Å². The molecule has 3 fully saturated rings. The first-order valence-corrected chi connectivity index (χ1v) is 7.56. The van der Waals surface area contributed by atoms with Crippen molar-refractivity contribution in [3.8, 4) is 0 Å². The van der Waals surface area contributed by atoms with Crippen molar-refractivity contribution < 1.29 is 5.11 Å². The second kappa shape index (κ2) is 4.68. The zero-order chi connectivity index (χ0) is 11.0. The number of hydrogen-bond acceptors (Lipinski definition) is 1. The van der Waals surface area contributed by atoms with Gasteiger partial charge in [0.2, 0.25) is 0 Å². The Balaban J connectivity index is 1.57. The van der Waals surface area contributed by atoms with Crippen molar-refractivity contribution >= 4 is 0 Å². The van der Waals surface area contributed by atoms with E-state index in [2.05, 4.69) is 0 Å². The molecule has 0 aromatic rings. The zero-order valence-corrected chi connectivity index (χ0v) is 10.4. The third-order valence-electron chi connectivity index (χ3n) is 5.50. The molecule has 16 heavy (non-hydrogen) atoms. The summed E-state index contributed by atoms with van der Waals surface area (Å²) in [5.74, 6) is 3.21. The number of aliphatic hydroxyl groups is 1. The first-order valence-electron chi connectivity index (χ1n) is 7.56. The molecule has 0 radical (unpaired) electrons. The average Bonchev–Trinajstić information content (AvgIpc) is 3.09. The van der Waals surface area contributed by atoms with Crippen molar-refractivity contribution in [3.63, 3.8) is 0 Å². The van der Waals surface area contributed by atoms with Crippen LogP contribution in [-0.4, -0.2) is 11.2 Å². The summed E-state index contributed by atoms with van der Waals surface area (Å²) in [6, 6.07) is 0. The highest BCUT2D eigenvalue weighted by Gasteiger charge is 2.55. The Morgan fingerprint density at radius 2 is 1.19 bits per heavy atom. The molecule has 3 rings (SSSR count). The van der Waals surface area contributed by atoms with E-state index in [0.717, 1.165) is 11.8 Å². The molecule has 3 aliphatic carbocycles. The summed E-state index contributed by atoms with van der Waals surface area (Å²) in [7, 11) is 0. The van der Waals surface area contributed by atoms with Gasteiger partial charge in [-0.2, -0.15) is 0 Å². The van der Waals surface area contributed by atoms with Crippen LogP contribution in [0.3, 0.4) is 0 Å². The number of hydrogen-bond donors (Lipinski definition) is 1. The third kappa shape index (κ3) is 2.03. The van der Waals surface area contributed by atoms with Crippen LogP contribution in [0.2, 0.25) is 0 Å². The molecule has 1 heteroatoms. The Kier molecular flexibility index (Phi) is 3.24. The summed E-state index contributed by atoms with van der Waals surface area (Å²) < 4.78 is 0. The van der Waals surface area contributed by atoms with Crippen LogP contribution in [0.4, 0.5) is 0 Å². The van der Waals surface area contributed by atoms with E-state index in [1.165, 1.54) is 64.2 Å². The fourth-order valence-corrected chi connectivity index (χ4v) is 4.52. The number of fused-ring (bicyclic) bond motifs is 1. The minimum absolute atomic E-state index is 0.0613. The summed E-state index contributed by atoms with van der Waals surface area (Å²) in [5.41, 5.74) is 0. The first-order chi connectivity index (χ1) is 7.88. The van der Waals surface area contributed by atoms with Gasteiger partial charge in [0.1, 0.15) is 0 Å². The number of rotatable bonds is 2. The lowest BCUT2D eigenvalue weighted by molar-refractivity contribution is 0.0693. The zero-order valence-electron chi connectivity index (χ0n) is 10.4. The lowest BCUT2D eigenvalue weighted by atomic mass is 9.90. The van der Waals surface area contributed by atoms with E-state index in [1.807, 2.05) is 0 Å². The molecule has 92 valence electrons. The molecule has 0 heterocycles. The Morgan fingerprint density at radius 3 is 1.75 bits per heavy atom. The Hall–Kier alpha value is -0.0400. The highest BCUT2D eigenvalue weighted by atomic mass is 16.3. The van der Waals surface area contributed by atoms with E-state index < -0.39 is 0 Å². The molecular weight excluding hydrogens is 196 g/mol. The summed E-state index contributed by atoms with van der Waals surface area (Å²) in [6.45, 7) is 0. The maximum absolute atomic E-state index is 10.6. The molecule has 1 nitrogen and oxygen atoms in total. The van der Waals surface area contributed by atoms with Crippen molar-refractivity contribution in [2.24, 2.45) is 23.7 Å². The third-order valence-corrected chi connectivity index (χ3v) is 5.50. The van der Waals surface area contributed by atoms with Crippen LogP contribution in [0.15, 0.2) is 0 Å². The second-order valence-corrected chi connectivity index (χ2v) is 6.43. The van der Waals surface area contributed by atoms with E-state index in [0.29, 0.717) is 11.8 Å². The van der Waals surface area contributed by atoms with Gasteiger partial charge in [-0.15, -0.1) is 0 Å². The lowest BCUT2D eigenvalue weighted by Crippen LogP contribution is -2.23. The Labute approximate surface area is 99.6 Å². The van der Waals surface area contributed by atoms with Crippen molar-refractivity contribution in [2.75, 3.05) is 0 Å². The maximum Gasteiger partial charge on any atom is 0.0602 e. The topological polar surface area (TPSA) is 20.2 Å². The standard InChI is InChI=1S/C15H26O/c16-15(11-7-3-1-2-4-8-11)14-12-9-5-6-10-13(12)14/h11-16H,1-10H2. The van der Waals surface area contributed by atoms with Crippen molar-refractivity contribution in [1.82, 2.24) is 0 Å². The molecule has 3 aliphatic rings. The van der Waals surface area contributed by atoms with Crippen LogP contribution < -0.4 is 0 Å². The van der Waals surface area contributed by atoms with Gasteiger partial charge >= 0.3 is 0 Å². The molecule has 0 aromatic carbocycles. The minimum Gasteiger partial charge on any atom is -0.393 e. The second-order valence-electron chi connectivity index (χ2n) is 6.43. The molecule has 0 aliphatic heterocycles. The summed E-state index contributed by atoms with van der Waals surface area (Å²) in [5, 5.41) is 10.6. The Bertz CT molecular complexity index is 216. The first kappa shape index (κ1) is 11.1. The van der Waals surface area contributed by atoms with Gasteiger partial charge in [0.25, 0.3) is 0 Å². The average molecular weight is 222 g/mol. The molecule has 3 atom stereocenters. The maximum atomic E-state index is 10.6. The van der Waals surface area contributed by atoms with Crippen LogP contribution in [0.1, 0.15) is 64.2 Å². The highest BCUT2D eigenvalue weighted by molar-refractivity contribution is 5.03. The molecule has 1 N–H and O–H groups in total. The molecule has 0 bridgehead atoms. The van der Waals surface area contributed by atoms with Gasteiger partial charge in [0.15, 0.2) is 0 Å².